The van der Waals surface area contributed by atoms with Gasteiger partial charge in [-0.15, -0.1) is 0 Å². The van der Waals surface area contributed by atoms with Gasteiger partial charge in [-0.3, -0.25) is 0 Å². The van der Waals surface area contributed by atoms with Crippen molar-refractivity contribution in [1.82, 2.24) is 0 Å². The van der Waals surface area contributed by atoms with Crippen molar-refractivity contribution in [2.45, 2.75) is 164 Å². The van der Waals surface area contributed by atoms with Crippen LogP contribution < -0.4 is 0 Å². The lowest BCUT2D eigenvalue weighted by Gasteiger charge is -2.63. The third-order valence-electron chi connectivity index (χ3n) is 14.9. The molecule has 11 fully saturated rings. The number of ether oxygens (including phenoxy) is 7. The van der Waals surface area contributed by atoms with Gasteiger partial charge in [0.15, 0.2) is 23.8 Å². The maximum atomic E-state index is 15.3. The van der Waals surface area contributed by atoms with Crippen LogP contribution in [-0.4, -0.2) is 84.7 Å². The van der Waals surface area contributed by atoms with Crippen molar-refractivity contribution in [3.05, 3.63) is 0 Å². The molecular weight excluding hydrogens is 722 g/mol. The molecule has 11 aliphatic rings. The highest BCUT2D eigenvalue weighted by molar-refractivity contribution is 5.14. The van der Waals surface area contributed by atoms with Crippen LogP contribution in [0.1, 0.15) is 92.9 Å². The summed E-state index contributed by atoms with van der Waals surface area (Å²) in [4.78, 5) is 23.5. The molecule has 18 atom stereocenters. The molecule has 0 aromatic rings. The van der Waals surface area contributed by atoms with Crippen LogP contribution in [0.5, 0.6) is 0 Å². The van der Waals surface area contributed by atoms with E-state index < -0.39 is 108 Å². The van der Waals surface area contributed by atoms with Gasteiger partial charge in [0, 0.05) is 36.5 Å². The van der Waals surface area contributed by atoms with Gasteiger partial charge in [0.2, 0.25) is 11.6 Å². The molecule has 0 amide bonds. The highest BCUT2D eigenvalue weighted by Crippen LogP contribution is 2.66. The maximum Gasteiger partial charge on any atom is 0.443 e. The summed E-state index contributed by atoms with van der Waals surface area (Å²) in [5.41, 5.74) is -2.52. The van der Waals surface area contributed by atoms with Gasteiger partial charge < -0.3 is 33.2 Å². The molecule has 9 aliphatic heterocycles. The third-order valence-corrected chi connectivity index (χ3v) is 14.9. The van der Waals surface area contributed by atoms with Crippen LogP contribution in [0, 0.1) is 47.3 Å². The van der Waals surface area contributed by atoms with E-state index in [0.29, 0.717) is 51.4 Å². The third kappa shape index (κ3) is 5.13. The minimum absolute atomic E-state index is 0.134. The van der Waals surface area contributed by atoms with E-state index in [2.05, 4.69) is 13.8 Å². The fourth-order valence-corrected chi connectivity index (χ4v) is 11.9. The molecule has 4 bridgehead atoms. The smallest absolute Gasteiger partial charge is 0.365 e. The average molecular weight is 773 g/mol. The van der Waals surface area contributed by atoms with Crippen molar-refractivity contribution in [1.29, 1.82) is 0 Å². The van der Waals surface area contributed by atoms with Crippen molar-refractivity contribution in [3.63, 3.8) is 0 Å². The van der Waals surface area contributed by atoms with Gasteiger partial charge >= 0.3 is 12.4 Å². The Balaban J connectivity index is 0.934. The number of rotatable bonds is 6. The van der Waals surface area contributed by atoms with Crippen LogP contribution >= 0.6 is 0 Å². The Bertz CT molecular complexity index is 1350. The standard InChI is InChI=1S/C36H50F6O11/c1-17-7-9-23-19(3)33(35(37,38)39,48-27-31(23)21(17)11-13-29(5,46-27)50-52-31)43-15-25-26(45-25)16-44-34(36(40,41)42)20(4)24-10-8-18(2)22-12-14-30(6)47-28(49-34)32(22,24)53-51-30/h17-28H,7-16H2,1-6H3/t17-,18-,19-,20-,21+,22+,23+,24+,25+,26?,27+,28+,29-,30-,31-,32-,33-,34-/m1/s1. The summed E-state index contributed by atoms with van der Waals surface area (Å²) in [7, 11) is 0. The molecular formula is C36H50F6O11. The van der Waals surface area contributed by atoms with Crippen molar-refractivity contribution < 1.29 is 79.1 Å². The van der Waals surface area contributed by atoms with E-state index in [0.717, 1.165) is 0 Å². The largest absolute Gasteiger partial charge is 0.443 e. The number of epoxide rings is 1. The van der Waals surface area contributed by atoms with E-state index in [1.54, 1.807) is 13.8 Å². The second-order valence-electron chi connectivity index (χ2n) is 17.8. The lowest BCUT2D eigenvalue weighted by Crippen LogP contribution is -2.76. The van der Waals surface area contributed by atoms with E-state index in [1.165, 1.54) is 13.8 Å². The Morgan fingerprint density at radius 3 is 1.30 bits per heavy atom. The predicted molar refractivity (Wildman–Crippen MR) is 164 cm³/mol. The van der Waals surface area contributed by atoms with E-state index >= 15 is 26.3 Å². The molecule has 11 nitrogen and oxygen atoms in total. The lowest BCUT2D eigenvalue weighted by molar-refractivity contribution is -0.599. The molecule has 17 heteroatoms. The first-order valence-corrected chi connectivity index (χ1v) is 19.3. The van der Waals surface area contributed by atoms with Crippen LogP contribution in [-0.2, 0) is 52.7 Å². The van der Waals surface area contributed by atoms with Crippen molar-refractivity contribution in [2.24, 2.45) is 47.3 Å². The minimum Gasteiger partial charge on any atom is -0.365 e. The lowest BCUT2D eigenvalue weighted by atomic mass is 9.57. The normalized spacial score (nSPS) is 57.3. The van der Waals surface area contributed by atoms with Crippen molar-refractivity contribution in [3.8, 4) is 0 Å². The van der Waals surface area contributed by atoms with Crippen LogP contribution in [0.3, 0.4) is 0 Å². The molecule has 302 valence electrons. The SMILES string of the molecule is C[C@@H]1CC[C@H]2[C@@H](C)[C@](OCC3O[C@H]3CO[C@@]3(C(F)(F)F)O[C@@H]4O[C@@]5(C)CC[C@H]6[C@H](C)CC[C@@H]([C@H]3C)[C@@]46OO5)(C(F)(F)F)O[C@@H]3O[C@@]4(C)CC[C@@H]1[C@]32OO4. The number of halogens is 6. The highest BCUT2D eigenvalue weighted by Gasteiger charge is 2.79. The van der Waals surface area contributed by atoms with Gasteiger partial charge in [0.05, 0.1) is 13.2 Å². The molecule has 1 unspecified atom stereocenters. The molecule has 2 aliphatic carbocycles. The number of hydrogen-bond acceptors (Lipinski definition) is 11. The van der Waals surface area contributed by atoms with Crippen LogP contribution in [0.4, 0.5) is 26.3 Å². The van der Waals surface area contributed by atoms with Crippen molar-refractivity contribution >= 4 is 0 Å². The first-order valence-electron chi connectivity index (χ1n) is 19.3. The Hall–Kier alpha value is -0.860. The molecule has 0 N–H and O–H groups in total. The van der Waals surface area contributed by atoms with Crippen molar-refractivity contribution in [2.75, 3.05) is 13.2 Å². The Kier molecular flexibility index (Phi) is 8.43. The number of hydrogen-bond donors (Lipinski definition) is 0. The second-order valence-corrected chi connectivity index (χ2v) is 17.8. The van der Waals surface area contributed by atoms with E-state index in [9.17, 15) is 0 Å². The zero-order valence-corrected chi connectivity index (χ0v) is 30.8. The summed E-state index contributed by atoms with van der Waals surface area (Å²) in [6, 6.07) is 0. The Labute approximate surface area is 304 Å². The van der Waals surface area contributed by atoms with Gasteiger partial charge in [-0.25, -0.2) is 19.6 Å². The maximum absolute atomic E-state index is 15.3. The summed E-state index contributed by atoms with van der Waals surface area (Å²) < 4.78 is 133. The van der Waals surface area contributed by atoms with Gasteiger partial charge in [0.1, 0.15) is 12.2 Å². The first kappa shape index (κ1) is 37.7. The fourth-order valence-electron chi connectivity index (χ4n) is 11.9. The monoisotopic (exact) mass is 772 g/mol. The van der Waals surface area contributed by atoms with Gasteiger partial charge in [-0.1, -0.05) is 27.7 Å². The van der Waals surface area contributed by atoms with E-state index in [1.807, 2.05) is 0 Å². The molecule has 0 aromatic heterocycles. The zero-order chi connectivity index (χ0) is 37.8. The summed E-state index contributed by atoms with van der Waals surface area (Å²) >= 11 is 0. The number of fused-ring (bicyclic) bond motifs is 4. The summed E-state index contributed by atoms with van der Waals surface area (Å²) in [5, 5.41) is 0. The molecule has 53 heavy (non-hydrogen) atoms. The predicted octanol–water partition coefficient (Wildman–Crippen LogP) is 7.07. The Morgan fingerprint density at radius 2 is 0.925 bits per heavy atom. The fraction of sp³-hybridized carbons (Fsp3) is 1.00. The minimum atomic E-state index is -5.01. The molecule has 11 rings (SSSR count). The van der Waals surface area contributed by atoms with E-state index in [4.69, 9.17) is 52.7 Å². The van der Waals surface area contributed by atoms with Gasteiger partial charge in [-0.05, 0) is 76.0 Å². The molecule has 9 heterocycles. The average Bonchev–Trinajstić information content (AvgIpc) is 3.90. The zero-order valence-electron chi connectivity index (χ0n) is 30.8. The van der Waals surface area contributed by atoms with Crippen LogP contribution in [0.25, 0.3) is 0 Å². The summed E-state index contributed by atoms with van der Waals surface area (Å²) in [6.07, 6.45) is -10.6. The second kappa shape index (κ2) is 11.9. The molecule has 9 saturated heterocycles. The van der Waals surface area contributed by atoms with Crippen LogP contribution in [0.2, 0.25) is 0 Å². The summed E-state index contributed by atoms with van der Waals surface area (Å²) in [6.45, 7) is 8.97. The van der Waals surface area contributed by atoms with Gasteiger partial charge in [0.25, 0.3) is 11.6 Å². The molecule has 0 aromatic carbocycles. The quantitative estimate of drug-likeness (QED) is 0.157. The number of alkyl halides is 6. The highest BCUT2D eigenvalue weighted by atomic mass is 19.4. The first-order chi connectivity index (χ1) is 24.7. The Morgan fingerprint density at radius 1 is 0.528 bits per heavy atom. The molecule has 0 radical (unpaired) electrons. The molecule has 2 saturated carbocycles. The van der Waals surface area contributed by atoms with E-state index in [-0.39, 0.29) is 23.7 Å². The van der Waals surface area contributed by atoms with Gasteiger partial charge in [-0.2, -0.15) is 26.3 Å². The van der Waals surface area contributed by atoms with Crippen LogP contribution in [0.15, 0.2) is 0 Å². The summed E-state index contributed by atoms with van der Waals surface area (Å²) in [5.74, 6) is -12.8. The molecule has 2 spiro atoms. The topological polar surface area (TPSA) is 105 Å².